The zero-order chi connectivity index (χ0) is 16.8. The molecule has 0 spiro atoms. The lowest BCUT2D eigenvalue weighted by molar-refractivity contribution is 0.0897. The van der Waals surface area contributed by atoms with Crippen molar-refractivity contribution in [2.45, 2.75) is 38.6 Å². The topological polar surface area (TPSA) is 58.4 Å². The summed E-state index contributed by atoms with van der Waals surface area (Å²) in [5.41, 5.74) is 1.79. The molecule has 5 heteroatoms. The van der Waals surface area contributed by atoms with E-state index < -0.39 is 0 Å². The van der Waals surface area contributed by atoms with Gasteiger partial charge in [0.15, 0.2) is 12.1 Å². The average molecular weight is 327 g/mol. The first-order valence-corrected chi connectivity index (χ1v) is 8.69. The second kappa shape index (κ2) is 8.11. The largest absolute Gasteiger partial charge is 0.448 e. The SMILES string of the molecule is Cc1ocnc1C(=O)NC1CCCN(CCCc2ccccc2)C1. The van der Waals surface area contributed by atoms with Crippen molar-refractivity contribution >= 4 is 5.91 Å². The lowest BCUT2D eigenvalue weighted by Gasteiger charge is -2.33. The van der Waals surface area contributed by atoms with Gasteiger partial charge in [0, 0.05) is 12.6 Å². The van der Waals surface area contributed by atoms with Crippen LogP contribution in [0.4, 0.5) is 0 Å². The van der Waals surface area contributed by atoms with Gasteiger partial charge in [0.1, 0.15) is 5.76 Å². The fraction of sp³-hybridized carbons (Fsp3) is 0.474. The predicted octanol–water partition coefficient (Wildman–Crippen LogP) is 2.81. The van der Waals surface area contributed by atoms with E-state index in [4.69, 9.17) is 4.42 Å². The average Bonchev–Trinajstić information content (AvgIpc) is 3.02. The maximum Gasteiger partial charge on any atom is 0.273 e. The van der Waals surface area contributed by atoms with E-state index in [1.165, 1.54) is 12.0 Å². The summed E-state index contributed by atoms with van der Waals surface area (Å²) >= 11 is 0. The third-order valence-corrected chi connectivity index (χ3v) is 4.58. The first kappa shape index (κ1) is 16.7. The highest BCUT2D eigenvalue weighted by molar-refractivity contribution is 5.93. The number of benzene rings is 1. The van der Waals surface area contributed by atoms with Crippen LogP contribution in [0.15, 0.2) is 41.1 Å². The summed E-state index contributed by atoms with van der Waals surface area (Å²) < 4.78 is 5.11. The molecule has 128 valence electrons. The minimum absolute atomic E-state index is 0.127. The van der Waals surface area contributed by atoms with Gasteiger partial charge in [-0.2, -0.15) is 0 Å². The molecule has 1 amide bonds. The fourth-order valence-electron chi connectivity index (χ4n) is 3.31. The molecule has 1 fully saturated rings. The van der Waals surface area contributed by atoms with E-state index in [1.807, 2.05) is 0 Å². The van der Waals surface area contributed by atoms with Crippen molar-refractivity contribution in [1.82, 2.24) is 15.2 Å². The van der Waals surface area contributed by atoms with Crippen molar-refractivity contribution in [1.29, 1.82) is 0 Å². The fourth-order valence-corrected chi connectivity index (χ4v) is 3.31. The molecule has 1 unspecified atom stereocenters. The zero-order valence-electron chi connectivity index (χ0n) is 14.2. The Hall–Kier alpha value is -2.14. The van der Waals surface area contributed by atoms with Crippen LogP contribution >= 0.6 is 0 Å². The van der Waals surface area contributed by atoms with E-state index in [9.17, 15) is 4.79 Å². The highest BCUT2D eigenvalue weighted by Crippen LogP contribution is 2.13. The van der Waals surface area contributed by atoms with Gasteiger partial charge in [0.25, 0.3) is 5.91 Å². The van der Waals surface area contributed by atoms with E-state index in [0.29, 0.717) is 11.5 Å². The molecule has 5 nitrogen and oxygen atoms in total. The van der Waals surface area contributed by atoms with Crippen LogP contribution in [0.2, 0.25) is 0 Å². The van der Waals surface area contributed by atoms with Crippen LogP contribution in [-0.2, 0) is 6.42 Å². The Morgan fingerprint density at radius 3 is 2.96 bits per heavy atom. The molecule has 24 heavy (non-hydrogen) atoms. The molecular formula is C19H25N3O2. The zero-order valence-corrected chi connectivity index (χ0v) is 14.2. The molecule has 0 radical (unpaired) electrons. The highest BCUT2D eigenvalue weighted by Gasteiger charge is 2.23. The molecular weight excluding hydrogens is 302 g/mol. The Morgan fingerprint density at radius 1 is 1.38 bits per heavy atom. The number of rotatable bonds is 6. The van der Waals surface area contributed by atoms with Crippen molar-refractivity contribution in [3.8, 4) is 0 Å². The lowest BCUT2D eigenvalue weighted by atomic mass is 10.0. The monoisotopic (exact) mass is 327 g/mol. The first-order chi connectivity index (χ1) is 11.7. The van der Waals surface area contributed by atoms with Crippen molar-refractivity contribution in [3.63, 3.8) is 0 Å². The summed E-state index contributed by atoms with van der Waals surface area (Å²) in [6.07, 6.45) is 5.71. The number of piperidine rings is 1. The minimum Gasteiger partial charge on any atom is -0.448 e. The van der Waals surface area contributed by atoms with Crippen molar-refractivity contribution in [3.05, 3.63) is 53.7 Å². The number of hydrogen-bond donors (Lipinski definition) is 1. The molecule has 0 aliphatic carbocycles. The van der Waals surface area contributed by atoms with Crippen molar-refractivity contribution < 1.29 is 9.21 Å². The summed E-state index contributed by atoms with van der Waals surface area (Å²) in [5.74, 6) is 0.445. The van der Waals surface area contributed by atoms with Gasteiger partial charge >= 0.3 is 0 Å². The molecule has 1 aromatic carbocycles. The molecule has 3 rings (SSSR count). The second-order valence-corrected chi connectivity index (χ2v) is 6.46. The number of aromatic nitrogens is 1. The van der Waals surface area contributed by atoms with Gasteiger partial charge < -0.3 is 14.6 Å². The number of oxazole rings is 1. The minimum atomic E-state index is -0.127. The van der Waals surface area contributed by atoms with Crippen LogP contribution in [0.1, 0.15) is 41.1 Å². The molecule has 1 N–H and O–H groups in total. The Bertz CT molecular complexity index is 654. The number of hydrogen-bond acceptors (Lipinski definition) is 4. The molecule has 1 aliphatic rings. The quantitative estimate of drug-likeness (QED) is 0.886. The van der Waals surface area contributed by atoms with Crippen LogP contribution in [0.3, 0.4) is 0 Å². The molecule has 2 aromatic rings. The van der Waals surface area contributed by atoms with Crippen molar-refractivity contribution in [2.24, 2.45) is 0 Å². The van der Waals surface area contributed by atoms with E-state index in [-0.39, 0.29) is 11.9 Å². The third kappa shape index (κ3) is 4.45. The number of nitrogens with zero attached hydrogens (tertiary/aromatic N) is 2. The van der Waals surface area contributed by atoms with Gasteiger partial charge in [-0.05, 0) is 51.3 Å². The standard InChI is InChI=1S/C19H25N3O2/c1-15-18(20-14-24-15)19(23)21-17-10-6-12-22(13-17)11-5-9-16-7-3-2-4-8-16/h2-4,7-8,14,17H,5-6,9-13H2,1H3,(H,21,23). The van der Waals surface area contributed by atoms with Crippen molar-refractivity contribution in [2.75, 3.05) is 19.6 Å². The molecule has 2 heterocycles. The Morgan fingerprint density at radius 2 is 2.21 bits per heavy atom. The van der Waals surface area contributed by atoms with Crippen LogP contribution < -0.4 is 5.32 Å². The maximum absolute atomic E-state index is 12.2. The van der Waals surface area contributed by atoms with Gasteiger partial charge in [-0.3, -0.25) is 4.79 Å². The molecule has 0 bridgehead atoms. The number of likely N-dealkylation sites (tertiary alicyclic amines) is 1. The summed E-state index contributed by atoms with van der Waals surface area (Å²) in [7, 11) is 0. The maximum atomic E-state index is 12.2. The number of carbonyl (C=O) groups excluding carboxylic acids is 1. The van der Waals surface area contributed by atoms with E-state index in [0.717, 1.165) is 45.3 Å². The van der Waals surface area contributed by atoms with Crippen LogP contribution in [-0.4, -0.2) is 41.5 Å². The number of aryl methyl sites for hydroxylation is 2. The summed E-state index contributed by atoms with van der Waals surface area (Å²) in [4.78, 5) is 18.7. The van der Waals surface area contributed by atoms with Crippen LogP contribution in [0.25, 0.3) is 0 Å². The van der Waals surface area contributed by atoms with Gasteiger partial charge in [-0.15, -0.1) is 0 Å². The van der Waals surface area contributed by atoms with Crippen LogP contribution in [0, 0.1) is 6.92 Å². The smallest absolute Gasteiger partial charge is 0.273 e. The molecule has 1 saturated heterocycles. The Labute approximate surface area is 143 Å². The predicted molar refractivity (Wildman–Crippen MR) is 92.9 cm³/mol. The Kier molecular flexibility index (Phi) is 5.64. The normalized spacial score (nSPS) is 18.5. The summed E-state index contributed by atoms with van der Waals surface area (Å²) in [6.45, 7) is 4.87. The first-order valence-electron chi connectivity index (χ1n) is 8.69. The molecule has 1 aromatic heterocycles. The van der Waals surface area contributed by atoms with E-state index in [2.05, 4.69) is 45.5 Å². The van der Waals surface area contributed by atoms with Gasteiger partial charge in [-0.1, -0.05) is 30.3 Å². The molecule has 0 saturated carbocycles. The number of carbonyl (C=O) groups is 1. The second-order valence-electron chi connectivity index (χ2n) is 6.46. The number of amides is 1. The summed E-state index contributed by atoms with van der Waals surface area (Å²) in [6, 6.07) is 10.8. The van der Waals surface area contributed by atoms with Gasteiger partial charge in [-0.25, -0.2) is 4.98 Å². The van der Waals surface area contributed by atoms with Gasteiger partial charge in [0.2, 0.25) is 0 Å². The number of nitrogens with one attached hydrogen (secondary N) is 1. The van der Waals surface area contributed by atoms with Gasteiger partial charge in [0.05, 0.1) is 0 Å². The third-order valence-electron chi connectivity index (χ3n) is 4.58. The van der Waals surface area contributed by atoms with E-state index in [1.54, 1.807) is 6.92 Å². The lowest BCUT2D eigenvalue weighted by Crippen LogP contribution is -2.48. The molecule has 1 aliphatic heterocycles. The molecule has 1 atom stereocenters. The van der Waals surface area contributed by atoms with Crippen LogP contribution in [0.5, 0.6) is 0 Å². The summed E-state index contributed by atoms with van der Waals surface area (Å²) in [5, 5.41) is 3.10. The highest BCUT2D eigenvalue weighted by atomic mass is 16.3. The Balaban J connectivity index is 1.44. The van der Waals surface area contributed by atoms with E-state index >= 15 is 0 Å².